The van der Waals surface area contributed by atoms with E-state index in [0.717, 1.165) is 41.4 Å². The molecule has 2 heterocycles. The van der Waals surface area contributed by atoms with Crippen LogP contribution in [0.1, 0.15) is 83.1 Å². The molecule has 0 radical (unpaired) electrons. The molecular formula is C26H35NO5. The summed E-state index contributed by atoms with van der Waals surface area (Å²) in [5.74, 6) is -1.54. The van der Waals surface area contributed by atoms with Gasteiger partial charge in [-0.15, -0.1) is 0 Å². The molecule has 1 fully saturated rings. The minimum atomic E-state index is -0.808. The number of fused-ring (bicyclic) bond motifs is 1. The SMILES string of the molecule is CCCCC[C@@H](O)c1cc2ccccc2nc1/C=C/[C@H]1OC(C)(C)O[C@H]1CCCC(=O)O. The number of ether oxygens (including phenoxy) is 2. The van der Waals surface area contributed by atoms with Crippen molar-refractivity contribution in [2.45, 2.75) is 89.8 Å². The first kappa shape index (κ1) is 24.4. The minimum Gasteiger partial charge on any atom is -0.481 e. The van der Waals surface area contributed by atoms with Crippen molar-refractivity contribution in [3.63, 3.8) is 0 Å². The van der Waals surface area contributed by atoms with Crippen LogP contribution in [0.25, 0.3) is 17.0 Å². The van der Waals surface area contributed by atoms with Gasteiger partial charge in [0.15, 0.2) is 5.79 Å². The molecule has 2 N–H and O–H groups in total. The van der Waals surface area contributed by atoms with Crippen LogP contribution in [0.3, 0.4) is 0 Å². The largest absolute Gasteiger partial charge is 0.481 e. The molecule has 0 amide bonds. The highest BCUT2D eigenvalue weighted by molar-refractivity contribution is 5.81. The molecule has 3 rings (SSSR count). The highest BCUT2D eigenvalue weighted by Gasteiger charge is 2.39. The van der Waals surface area contributed by atoms with E-state index in [2.05, 4.69) is 6.92 Å². The Bertz CT molecular complexity index is 939. The van der Waals surface area contributed by atoms with Crippen molar-refractivity contribution in [2.24, 2.45) is 0 Å². The van der Waals surface area contributed by atoms with E-state index in [1.165, 1.54) is 0 Å². The lowest BCUT2D eigenvalue weighted by molar-refractivity contribution is -0.143. The smallest absolute Gasteiger partial charge is 0.303 e. The number of carboxylic acid groups (broad SMARTS) is 1. The van der Waals surface area contributed by atoms with Crippen LogP contribution in [0.2, 0.25) is 0 Å². The molecule has 174 valence electrons. The van der Waals surface area contributed by atoms with Crippen LogP contribution in [-0.4, -0.2) is 39.2 Å². The van der Waals surface area contributed by atoms with Crippen molar-refractivity contribution >= 4 is 22.9 Å². The molecule has 1 aromatic carbocycles. The molecule has 0 spiro atoms. The molecule has 1 aromatic heterocycles. The van der Waals surface area contributed by atoms with E-state index in [1.807, 2.05) is 56.3 Å². The molecule has 32 heavy (non-hydrogen) atoms. The highest BCUT2D eigenvalue weighted by atomic mass is 16.7. The summed E-state index contributed by atoms with van der Waals surface area (Å²) in [6.45, 7) is 5.88. The zero-order chi connectivity index (χ0) is 23.1. The van der Waals surface area contributed by atoms with Crippen molar-refractivity contribution in [1.82, 2.24) is 4.98 Å². The molecule has 2 aromatic rings. The summed E-state index contributed by atoms with van der Waals surface area (Å²) in [5.41, 5.74) is 2.42. The predicted octanol–water partition coefficient (Wildman–Crippen LogP) is 5.64. The van der Waals surface area contributed by atoms with Gasteiger partial charge in [0.25, 0.3) is 0 Å². The van der Waals surface area contributed by atoms with E-state index in [1.54, 1.807) is 0 Å². The number of nitrogens with zero attached hydrogens (tertiary/aromatic N) is 1. The number of pyridine rings is 1. The van der Waals surface area contributed by atoms with Crippen molar-refractivity contribution < 1.29 is 24.5 Å². The third-order valence-corrected chi connectivity index (χ3v) is 5.77. The van der Waals surface area contributed by atoms with E-state index in [0.29, 0.717) is 19.3 Å². The van der Waals surface area contributed by atoms with Gasteiger partial charge in [-0.3, -0.25) is 4.79 Å². The molecule has 1 aliphatic rings. The van der Waals surface area contributed by atoms with Gasteiger partial charge in [0.1, 0.15) is 6.10 Å². The number of para-hydroxylation sites is 1. The Labute approximate surface area is 190 Å². The molecule has 0 unspecified atom stereocenters. The Balaban J connectivity index is 1.84. The number of aliphatic carboxylic acids is 1. The first-order valence-electron chi connectivity index (χ1n) is 11.6. The highest BCUT2D eigenvalue weighted by Crippen LogP contribution is 2.33. The number of unbranched alkanes of at least 4 members (excludes halogenated alkanes) is 2. The van der Waals surface area contributed by atoms with Gasteiger partial charge in [-0.1, -0.05) is 50.5 Å². The van der Waals surface area contributed by atoms with E-state index in [4.69, 9.17) is 19.6 Å². The number of aromatic nitrogens is 1. The molecule has 0 aliphatic carbocycles. The fourth-order valence-corrected chi connectivity index (χ4v) is 4.18. The normalized spacial score (nSPS) is 21.4. The first-order chi connectivity index (χ1) is 15.3. The van der Waals surface area contributed by atoms with E-state index < -0.39 is 17.9 Å². The summed E-state index contributed by atoms with van der Waals surface area (Å²) < 4.78 is 12.1. The standard InChI is InChI=1S/C26H35NO5/c1-4-5-6-12-22(28)19-17-18-10-7-8-11-20(18)27-21(19)15-16-24-23(13-9-14-25(29)30)31-26(2,3)32-24/h7-8,10-11,15-17,22-24,28H,4-6,9,12-14H2,1-3H3,(H,29,30)/b16-15+/t22-,23+,24-/m1/s1. The van der Waals surface area contributed by atoms with Gasteiger partial charge in [0.05, 0.1) is 23.4 Å². The lowest BCUT2D eigenvalue weighted by Crippen LogP contribution is -2.21. The lowest BCUT2D eigenvalue weighted by atomic mass is 9.98. The molecule has 0 saturated carbocycles. The van der Waals surface area contributed by atoms with Crippen molar-refractivity contribution in [2.75, 3.05) is 0 Å². The molecule has 3 atom stereocenters. The van der Waals surface area contributed by atoms with Gasteiger partial charge < -0.3 is 19.7 Å². The Hall–Kier alpha value is -2.28. The maximum Gasteiger partial charge on any atom is 0.303 e. The topological polar surface area (TPSA) is 88.9 Å². The molecule has 6 nitrogen and oxygen atoms in total. The van der Waals surface area contributed by atoms with Gasteiger partial charge in [0, 0.05) is 17.4 Å². The van der Waals surface area contributed by atoms with Crippen LogP contribution in [0.5, 0.6) is 0 Å². The summed E-state index contributed by atoms with van der Waals surface area (Å²) in [4.78, 5) is 15.7. The second-order valence-electron chi connectivity index (χ2n) is 8.95. The first-order valence-corrected chi connectivity index (χ1v) is 11.6. The number of carboxylic acids is 1. The number of benzene rings is 1. The van der Waals surface area contributed by atoms with Crippen LogP contribution in [-0.2, 0) is 14.3 Å². The fourth-order valence-electron chi connectivity index (χ4n) is 4.18. The van der Waals surface area contributed by atoms with Crippen LogP contribution in [0.15, 0.2) is 36.4 Å². The number of aliphatic hydroxyl groups excluding tert-OH is 1. The fraction of sp³-hybridized carbons (Fsp3) is 0.538. The Morgan fingerprint density at radius 1 is 1.22 bits per heavy atom. The molecule has 6 heteroatoms. The maximum absolute atomic E-state index is 10.9. The molecular weight excluding hydrogens is 406 g/mol. The number of carbonyl (C=O) groups is 1. The number of hydrogen-bond acceptors (Lipinski definition) is 5. The zero-order valence-electron chi connectivity index (χ0n) is 19.3. The van der Waals surface area contributed by atoms with Gasteiger partial charge in [-0.05, 0) is 51.3 Å². The second kappa shape index (κ2) is 11.0. The quantitative estimate of drug-likeness (QED) is 0.439. The molecule has 1 aliphatic heterocycles. The van der Waals surface area contributed by atoms with Crippen LogP contribution in [0.4, 0.5) is 0 Å². The average Bonchev–Trinajstić information content (AvgIpc) is 3.04. The Morgan fingerprint density at radius 3 is 2.75 bits per heavy atom. The van der Waals surface area contributed by atoms with Crippen molar-refractivity contribution in [1.29, 1.82) is 0 Å². The lowest BCUT2D eigenvalue weighted by Gasteiger charge is -2.16. The third kappa shape index (κ3) is 6.61. The van der Waals surface area contributed by atoms with Crippen LogP contribution >= 0.6 is 0 Å². The second-order valence-corrected chi connectivity index (χ2v) is 8.95. The van der Waals surface area contributed by atoms with Gasteiger partial charge in [-0.25, -0.2) is 4.98 Å². The van der Waals surface area contributed by atoms with E-state index >= 15 is 0 Å². The number of rotatable bonds is 11. The Kier molecular flexibility index (Phi) is 8.40. The van der Waals surface area contributed by atoms with Gasteiger partial charge >= 0.3 is 5.97 Å². The van der Waals surface area contributed by atoms with Crippen molar-refractivity contribution in [3.05, 3.63) is 47.7 Å². The minimum absolute atomic E-state index is 0.108. The number of aliphatic hydroxyl groups is 1. The number of hydrogen-bond donors (Lipinski definition) is 2. The van der Waals surface area contributed by atoms with E-state index in [9.17, 15) is 9.90 Å². The summed E-state index contributed by atoms with van der Waals surface area (Å²) >= 11 is 0. The third-order valence-electron chi connectivity index (χ3n) is 5.77. The maximum atomic E-state index is 10.9. The predicted molar refractivity (Wildman–Crippen MR) is 125 cm³/mol. The zero-order valence-corrected chi connectivity index (χ0v) is 19.3. The summed E-state index contributed by atoms with van der Waals surface area (Å²) in [6.07, 6.45) is 7.81. The van der Waals surface area contributed by atoms with Gasteiger partial charge in [0.2, 0.25) is 0 Å². The Morgan fingerprint density at radius 2 is 2.00 bits per heavy atom. The van der Waals surface area contributed by atoms with Crippen LogP contribution in [0, 0.1) is 0 Å². The molecule has 1 saturated heterocycles. The van der Waals surface area contributed by atoms with Crippen molar-refractivity contribution in [3.8, 4) is 0 Å². The average molecular weight is 442 g/mol. The molecule has 0 bridgehead atoms. The van der Waals surface area contributed by atoms with Gasteiger partial charge in [-0.2, -0.15) is 0 Å². The van der Waals surface area contributed by atoms with E-state index in [-0.39, 0.29) is 18.6 Å². The summed E-state index contributed by atoms with van der Waals surface area (Å²) in [6, 6.07) is 9.92. The van der Waals surface area contributed by atoms with Crippen LogP contribution < -0.4 is 0 Å². The summed E-state index contributed by atoms with van der Waals surface area (Å²) in [7, 11) is 0. The summed E-state index contributed by atoms with van der Waals surface area (Å²) in [5, 5.41) is 20.8. The monoisotopic (exact) mass is 441 g/mol.